The number of hydrogen-bond donors (Lipinski definition) is 0. The van der Waals surface area contributed by atoms with Crippen molar-refractivity contribution >= 4 is 15.7 Å². The Bertz CT molecular complexity index is 927. The average molecular weight is 420 g/mol. The molecule has 158 valence electrons. The number of hydrogen-bond acceptors (Lipinski definition) is 5. The van der Waals surface area contributed by atoms with E-state index in [1.807, 2.05) is 24.3 Å². The molecule has 2 atom stereocenters. The SMILES string of the molecule is C[C@@H](Oc1ccc(C(C)(C)C)cc1)C(=O)N(Cc1ccco1)[C@@H]1CCS(=O)(=O)C1. The molecule has 0 saturated carbocycles. The van der Waals surface area contributed by atoms with Crippen LogP contribution in [0.5, 0.6) is 5.75 Å². The summed E-state index contributed by atoms with van der Waals surface area (Å²) >= 11 is 0. The zero-order valence-corrected chi connectivity index (χ0v) is 18.2. The molecule has 0 N–H and O–H groups in total. The Morgan fingerprint density at radius 2 is 1.93 bits per heavy atom. The summed E-state index contributed by atoms with van der Waals surface area (Å²) in [7, 11) is -3.12. The van der Waals surface area contributed by atoms with Crippen molar-refractivity contribution < 1.29 is 22.4 Å². The molecule has 1 fully saturated rings. The lowest BCUT2D eigenvalue weighted by Crippen LogP contribution is -2.46. The second kappa shape index (κ2) is 8.22. The summed E-state index contributed by atoms with van der Waals surface area (Å²) in [6.07, 6.45) is 1.23. The normalized spacial score (nSPS) is 19.7. The summed E-state index contributed by atoms with van der Waals surface area (Å²) in [4.78, 5) is 14.7. The highest BCUT2D eigenvalue weighted by Crippen LogP contribution is 2.26. The molecule has 29 heavy (non-hydrogen) atoms. The molecule has 0 spiro atoms. The lowest BCUT2D eigenvalue weighted by Gasteiger charge is -2.30. The van der Waals surface area contributed by atoms with E-state index in [-0.39, 0.29) is 35.4 Å². The fourth-order valence-electron chi connectivity index (χ4n) is 3.50. The van der Waals surface area contributed by atoms with Gasteiger partial charge in [0.05, 0.1) is 24.3 Å². The number of carbonyl (C=O) groups excluding carboxylic acids is 1. The minimum atomic E-state index is -3.12. The van der Waals surface area contributed by atoms with Crippen LogP contribution in [0.15, 0.2) is 47.1 Å². The molecular weight excluding hydrogens is 390 g/mol. The fraction of sp³-hybridized carbons (Fsp3) is 0.500. The van der Waals surface area contributed by atoms with Crippen molar-refractivity contribution in [2.45, 2.75) is 58.2 Å². The highest BCUT2D eigenvalue weighted by atomic mass is 32.2. The second-order valence-corrected chi connectivity index (χ2v) is 10.9. The van der Waals surface area contributed by atoms with Crippen molar-refractivity contribution in [3.8, 4) is 5.75 Å². The van der Waals surface area contributed by atoms with Gasteiger partial charge in [0.1, 0.15) is 11.5 Å². The van der Waals surface area contributed by atoms with E-state index in [4.69, 9.17) is 9.15 Å². The number of ether oxygens (including phenoxy) is 1. The fourth-order valence-corrected chi connectivity index (χ4v) is 5.23. The van der Waals surface area contributed by atoms with Gasteiger partial charge in [-0.05, 0) is 48.6 Å². The van der Waals surface area contributed by atoms with Gasteiger partial charge in [-0.3, -0.25) is 4.79 Å². The van der Waals surface area contributed by atoms with E-state index >= 15 is 0 Å². The molecule has 3 rings (SSSR count). The number of rotatable bonds is 6. The van der Waals surface area contributed by atoms with Gasteiger partial charge in [0, 0.05) is 6.04 Å². The Morgan fingerprint density at radius 1 is 1.24 bits per heavy atom. The molecule has 7 heteroatoms. The van der Waals surface area contributed by atoms with E-state index < -0.39 is 15.9 Å². The molecular formula is C22H29NO5S. The summed E-state index contributed by atoms with van der Waals surface area (Å²) in [5, 5.41) is 0. The van der Waals surface area contributed by atoms with Crippen LogP contribution in [0.25, 0.3) is 0 Å². The first-order valence-electron chi connectivity index (χ1n) is 9.86. The number of sulfone groups is 1. The summed E-state index contributed by atoms with van der Waals surface area (Å²) in [6.45, 7) is 8.33. The van der Waals surface area contributed by atoms with Crippen LogP contribution in [0.2, 0.25) is 0 Å². The maximum absolute atomic E-state index is 13.2. The molecule has 1 aliphatic heterocycles. The van der Waals surface area contributed by atoms with Crippen LogP contribution in [-0.4, -0.2) is 42.9 Å². The molecule has 0 bridgehead atoms. The molecule has 1 aliphatic rings. The van der Waals surface area contributed by atoms with Crippen LogP contribution in [0.1, 0.15) is 45.4 Å². The minimum absolute atomic E-state index is 0.0214. The molecule has 0 radical (unpaired) electrons. The van der Waals surface area contributed by atoms with Gasteiger partial charge in [0.25, 0.3) is 5.91 Å². The van der Waals surface area contributed by atoms with Gasteiger partial charge in [-0.15, -0.1) is 0 Å². The molecule has 1 saturated heterocycles. The maximum atomic E-state index is 13.2. The number of furan rings is 1. The molecule has 1 amide bonds. The molecule has 1 aromatic carbocycles. The number of carbonyl (C=O) groups is 1. The standard InChI is InChI=1S/C22H29NO5S/c1-16(28-19-9-7-17(8-10-19)22(2,3)4)21(24)23(14-20-6-5-12-27-20)18-11-13-29(25,26)15-18/h5-10,12,16,18H,11,13-15H2,1-4H3/t16-,18-/m1/s1. The van der Waals surface area contributed by atoms with Crippen LogP contribution in [0, 0.1) is 0 Å². The van der Waals surface area contributed by atoms with Crippen molar-refractivity contribution in [2.24, 2.45) is 0 Å². The van der Waals surface area contributed by atoms with Gasteiger partial charge in [0.2, 0.25) is 0 Å². The molecule has 2 heterocycles. The van der Waals surface area contributed by atoms with E-state index in [1.54, 1.807) is 30.2 Å². The van der Waals surface area contributed by atoms with Crippen molar-refractivity contribution in [1.82, 2.24) is 4.90 Å². The average Bonchev–Trinajstić information content (AvgIpc) is 3.28. The third kappa shape index (κ3) is 5.41. The van der Waals surface area contributed by atoms with Crippen molar-refractivity contribution in [2.75, 3.05) is 11.5 Å². The van der Waals surface area contributed by atoms with Crippen LogP contribution in [-0.2, 0) is 26.6 Å². The molecule has 1 aromatic heterocycles. The highest BCUT2D eigenvalue weighted by molar-refractivity contribution is 7.91. The summed E-state index contributed by atoms with van der Waals surface area (Å²) < 4.78 is 35.2. The van der Waals surface area contributed by atoms with Crippen molar-refractivity contribution in [3.05, 3.63) is 54.0 Å². The predicted molar refractivity (Wildman–Crippen MR) is 112 cm³/mol. The first kappa shape index (κ1) is 21.4. The van der Waals surface area contributed by atoms with Gasteiger partial charge in [-0.1, -0.05) is 32.9 Å². The molecule has 6 nitrogen and oxygen atoms in total. The first-order chi connectivity index (χ1) is 13.5. The van der Waals surface area contributed by atoms with E-state index in [2.05, 4.69) is 20.8 Å². The zero-order valence-electron chi connectivity index (χ0n) is 17.4. The summed E-state index contributed by atoms with van der Waals surface area (Å²) in [5.74, 6) is 1.05. The quantitative estimate of drug-likeness (QED) is 0.715. The van der Waals surface area contributed by atoms with E-state index in [9.17, 15) is 13.2 Å². The van der Waals surface area contributed by atoms with Crippen LogP contribution in [0.4, 0.5) is 0 Å². The Kier molecular flexibility index (Phi) is 6.08. The minimum Gasteiger partial charge on any atom is -0.481 e. The number of benzene rings is 1. The van der Waals surface area contributed by atoms with Gasteiger partial charge in [-0.25, -0.2) is 8.42 Å². The third-order valence-corrected chi connectivity index (χ3v) is 6.97. The van der Waals surface area contributed by atoms with Crippen LogP contribution >= 0.6 is 0 Å². The molecule has 0 aliphatic carbocycles. The van der Waals surface area contributed by atoms with Crippen LogP contribution < -0.4 is 4.74 Å². The smallest absolute Gasteiger partial charge is 0.264 e. The monoisotopic (exact) mass is 419 g/mol. The van der Waals surface area contributed by atoms with E-state index in [0.717, 1.165) is 0 Å². The van der Waals surface area contributed by atoms with E-state index in [1.165, 1.54) is 5.56 Å². The number of amides is 1. The topological polar surface area (TPSA) is 76.8 Å². The van der Waals surface area contributed by atoms with Gasteiger partial charge < -0.3 is 14.1 Å². The second-order valence-electron chi connectivity index (χ2n) is 8.64. The summed E-state index contributed by atoms with van der Waals surface area (Å²) in [5.41, 5.74) is 1.22. The van der Waals surface area contributed by atoms with Gasteiger partial charge in [-0.2, -0.15) is 0 Å². The van der Waals surface area contributed by atoms with Gasteiger partial charge in [0.15, 0.2) is 15.9 Å². The van der Waals surface area contributed by atoms with Crippen molar-refractivity contribution in [3.63, 3.8) is 0 Å². The first-order valence-corrected chi connectivity index (χ1v) is 11.7. The molecule has 0 unspecified atom stereocenters. The molecule has 2 aromatic rings. The van der Waals surface area contributed by atoms with Crippen molar-refractivity contribution in [1.29, 1.82) is 0 Å². The largest absolute Gasteiger partial charge is 0.481 e. The Labute approximate surface area is 172 Å². The lowest BCUT2D eigenvalue weighted by molar-refractivity contribution is -0.140. The van der Waals surface area contributed by atoms with E-state index in [0.29, 0.717) is 17.9 Å². The Balaban J connectivity index is 1.74. The predicted octanol–water partition coefficient (Wildman–Crippen LogP) is 3.56. The highest BCUT2D eigenvalue weighted by Gasteiger charge is 2.37. The zero-order chi connectivity index (χ0) is 21.2. The third-order valence-electron chi connectivity index (χ3n) is 5.22. The lowest BCUT2D eigenvalue weighted by atomic mass is 9.87. The summed E-state index contributed by atoms with van der Waals surface area (Å²) in [6, 6.07) is 10.9. The maximum Gasteiger partial charge on any atom is 0.264 e. The number of nitrogens with zero attached hydrogens (tertiary/aromatic N) is 1. The Morgan fingerprint density at radius 3 is 2.45 bits per heavy atom. The van der Waals surface area contributed by atoms with Gasteiger partial charge >= 0.3 is 0 Å². The Hall–Kier alpha value is -2.28. The van der Waals surface area contributed by atoms with Crippen LogP contribution in [0.3, 0.4) is 0 Å².